The Balaban J connectivity index is 1.04. The van der Waals surface area contributed by atoms with Crippen LogP contribution in [-0.4, -0.2) is 383 Å². The van der Waals surface area contributed by atoms with E-state index in [-0.39, 0.29) is 0 Å². The average Bonchev–Trinajstić information content (AvgIpc) is 2.36. The summed E-state index contributed by atoms with van der Waals surface area (Å²) in [4.78, 5) is 12.4. The zero-order chi connectivity index (χ0) is 61.6. The molecule has 15 fully saturated rings. The lowest BCUT2D eigenvalue weighted by Gasteiger charge is -2.50. The molecule has 0 saturated carbocycles. The molecule has 35 atom stereocenters. The van der Waals surface area contributed by atoms with Crippen molar-refractivity contribution in [3.63, 3.8) is 0 Å². The topological polar surface area (TPSA) is 614 Å². The van der Waals surface area contributed by atoms with Gasteiger partial charge in [0.25, 0.3) is 5.91 Å². The molecule has 14 bridgehead atoms. The van der Waals surface area contributed by atoms with Crippen LogP contribution in [0.2, 0.25) is 0 Å². The summed E-state index contributed by atoms with van der Waals surface area (Å²) in [6, 6.07) is -1.89. The smallest absolute Gasteiger partial charge is 0.296 e. The Morgan fingerprint density at radius 3 is 0.776 bits per heavy atom. The minimum atomic E-state index is -2.28. The van der Waals surface area contributed by atoms with Crippen LogP contribution in [0.3, 0.4) is 0 Å². The molecule has 488 valence electrons. The minimum Gasteiger partial charge on any atom is -0.394 e. The Morgan fingerprint density at radius 2 is 0.553 bits per heavy atom. The molecule has 16 rings (SSSR count). The number of hydrogen-bond acceptors (Lipinski definition) is 38. The van der Waals surface area contributed by atoms with Crippen LogP contribution in [0.25, 0.3) is 0 Å². The molecule has 15 aliphatic rings. The van der Waals surface area contributed by atoms with Crippen molar-refractivity contribution in [2.45, 2.75) is 215 Å². The number of hydroxylamine groups is 1. The van der Waals surface area contributed by atoms with E-state index < -0.39 is 273 Å². The third-order valence-electron chi connectivity index (χ3n) is 15.9. The van der Waals surface area contributed by atoms with E-state index in [0.29, 0.717) is 0 Å². The van der Waals surface area contributed by atoms with Crippen LogP contribution >= 0.6 is 0 Å². The fraction of sp³-hybridized carbons (Fsp3) is 0.933. The number of aliphatic hydroxyl groups excluding tert-OH is 20. The van der Waals surface area contributed by atoms with Crippen LogP contribution in [-0.2, 0) is 66.3 Å². The highest BCUT2D eigenvalue weighted by Crippen LogP contribution is 2.41. The number of aromatic nitrogens is 3. The molecule has 22 N–H and O–H groups in total. The van der Waals surface area contributed by atoms with Gasteiger partial charge in [-0.25, -0.2) is 10.2 Å². The molecule has 40 nitrogen and oxygen atoms in total. The van der Waals surface area contributed by atoms with Gasteiger partial charge >= 0.3 is 0 Å². The Labute approximate surface area is 477 Å². The first kappa shape index (κ1) is 66.6. The van der Waals surface area contributed by atoms with Gasteiger partial charge in [-0.3, -0.25) is 10.0 Å². The molecule has 0 spiro atoms. The fourth-order valence-electron chi connectivity index (χ4n) is 11.3. The van der Waals surface area contributed by atoms with E-state index >= 15 is 0 Å². The number of hydrogen-bond donors (Lipinski definition) is 22. The van der Waals surface area contributed by atoms with Crippen LogP contribution in [0.1, 0.15) is 16.5 Å². The van der Waals surface area contributed by atoms with Crippen molar-refractivity contribution in [3.8, 4) is 0 Å². The van der Waals surface area contributed by atoms with Crippen molar-refractivity contribution in [1.82, 2.24) is 20.5 Å². The molecule has 15 aliphatic heterocycles. The van der Waals surface area contributed by atoms with Crippen LogP contribution in [0.4, 0.5) is 0 Å². The number of fused-ring (bicyclic) bond motifs is 7. The van der Waals surface area contributed by atoms with Crippen LogP contribution in [0, 0.1) is 0 Å². The minimum absolute atomic E-state index is 0.606. The molecule has 1 aromatic heterocycles. The first-order valence-corrected chi connectivity index (χ1v) is 26.7. The lowest BCUT2D eigenvalue weighted by Crippen LogP contribution is -2.68. The summed E-state index contributed by atoms with van der Waals surface area (Å²) in [5.74, 6) is -1.24. The number of rotatable bonds is 9. The second-order valence-corrected chi connectivity index (χ2v) is 21.2. The molecule has 0 unspecified atom stereocenters. The summed E-state index contributed by atoms with van der Waals surface area (Å²) >= 11 is 0. The van der Waals surface area contributed by atoms with Gasteiger partial charge in [0.15, 0.2) is 49.7 Å². The van der Waals surface area contributed by atoms with Crippen molar-refractivity contribution < 1.29 is 178 Å². The summed E-state index contributed by atoms with van der Waals surface area (Å²) in [6.07, 6.45) is -68.7. The second-order valence-electron chi connectivity index (χ2n) is 21.2. The largest absolute Gasteiger partial charge is 0.394 e. The molecule has 40 heteroatoms. The molecule has 85 heavy (non-hydrogen) atoms. The highest BCUT2D eigenvalue weighted by atomic mass is 16.8. The summed E-state index contributed by atoms with van der Waals surface area (Å²) in [7, 11) is 0. The fourth-order valence-corrected chi connectivity index (χ4v) is 11.3. The standard InChI is InChI=1S/C45H72N4O36/c50-2-10-31-18(57)17(49-1-9(46-48-49)38(70)47-71)39(72-10)79-32-11(3-51)73-41(25(64)19(32)58)81-34-13(5-53)75-43(27(66)21(34)60)83-36-15(7-55)77-45(29(68)23(36)62)85-37-16(8-56)78-44(30(69)24(37)63)84-35-14(6-54)76-42(28(67)22(35)61)82-33-12(4-52)74-40(80-31)26(65)20(33)59/h1,10-37,39-45,50-69,71H,2-8H2,(H,47,70)/t10-,11-,12-,13-,14-,15-,16-,17+,18-,19-,20-,21-,22-,23-,24-,25-,26-,27-,28-,29-,30-,31-,32-,33-,34-,35-,36-,37-,39-,40-,41-,42-,43-,44-,45-/m1/s1. The van der Waals surface area contributed by atoms with Crippen LogP contribution < -0.4 is 5.48 Å². The van der Waals surface area contributed by atoms with E-state index in [9.17, 15) is 112 Å². The molecule has 0 radical (unpaired) electrons. The van der Waals surface area contributed by atoms with E-state index in [1.807, 2.05) is 0 Å². The molecular weight excluding hydrogens is 1170 g/mol. The molecule has 0 aromatic carbocycles. The lowest BCUT2D eigenvalue weighted by atomic mass is 9.94. The van der Waals surface area contributed by atoms with Gasteiger partial charge in [-0.1, -0.05) is 5.21 Å². The zero-order valence-corrected chi connectivity index (χ0v) is 44.1. The molecular formula is C45H72N4O36. The predicted octanol–water partition coefficient (Wildman–Crippen LogP) is -15.6. The predicted molar refractivity (Wildman–Crippen MR) is 251 cm³/mol. The van der Waals surface area contributed by atoms with Crippen LogP contribution in [0.15, 0.2) is 6.20 Å². The normalized spacial score (nSPS) is 51.2. The van der Waals surface area contributed by atoms with E-state index in [1.54, 1.807) is 0 Å². The highest BCUT2D eigenvalue weighted by Gasteiger charge is 2.60. The maximum absolute atomic E-state index is 12.4. The number of ether oxygens (including phenoxy) is 14. The van der Waals surface area contributed by atoms with Gasteiger partial charge in [0.1, 0.15) is 171 Å². The number of nitrogens with zero attached hydrogens (tertiary/aromatic N) is 3. The number of carbonyl (C=O) groups is 1. The van der Waals surface area contributed by atoms with E-state index in [2.05, 4.69) is 10.3 Å². The first-order chi connectivity index (χ1) is 40.6. The van der Waals surface area contributed by atoms with Crippen molar-refractivity contribution in [2.24, 2.45) is 0 Å². The average molecular weight is 1250 g/mol. The summed E-state index contributed by atoms with van der Waals surface area (Å²) < 4.78 is 81.7. The van der Waals surface area contributed by atoms with Gasteiger partial charge in [-0.15, -0.1) is 5.10 Å². The monoisotopic (exact) mass is 1240 g/mol. The summed E-state index contributed by atoms with van der Waals surface area (Å²) in [5, 5.41) is 240. The van der Waals surface area contributed by atoms with Crippen molar-refractivity contribution in [2.75, 3.05) is 46.2 Å². The third kappa shape index (κ3) is 13.0. The Bertz CT molecular complexity index is 2280. The third-order valence-corrected chi connectivity index (χ3v) is 15.9. The second kappa shape index (κ2) is 28.2. The molecule has 1 amide bonds. The SMILES string of the molecule is O=C(NO)c1cn([C@@H]2[C@H]3O[C@H]4[C@H](O)[C@@H](O)[C@@H](O[C@H]5[C@H](O)[C@@H](O)[C@@H](O[C@H]6[C@H](O)[C@@H](O)[C@@H](O[C@H]7[C@H](O)[C@@H](O)[C@@H](O[C@H]8[C@H](O)[C@@H](O)[C@@H](O[C@H]9[C@H](O)[C@@H](O)[C@@H](O[C@@H]([C@@H]2O)[C@@H](CO)O3)O[C@@H]9CO)O[C@@H]8CO)O[C@@H]7CO)O[C@@H]6CO)O[C@@H]5CO)O[C@@H]4CO)nn1. The number of amides is 1. The van der Waals surface area contributed by atoms with Crippen molar-refractivity contribution in [3.05, 3.63) is 11.9 Å². The van der Waals surface area contributed by atoms with Crippen molar-refractivity contribution in [1.29, 1.82) is 0 Å². The zero-order valence-electron chi connectivity index (χ0n) is 44.1. The van der Waals surface area contributed by atoms with Gasteiger partial charge in [0.05, 0.1) is 52.4 Å². The number of carbonyl (C=O) groups excluding carboxylic acids is 1. The maximum Gasteiger partial charge on any atom is 0.296 e. The summed E-state index contributed by atoms with van der Waals surface area (Å²) in [5.41, 5.74) is 0.712. The van der Waals surface area contributed by atoms with E-state index in [0.717, 1.165) is 10.9 Å². The molecule has 1 aromatic rings. The molecule has 15 saturated heterocycles. The highest BCUT2D eigenvalue weighted by molar-refractivity contribution is 5.90. The van der Waals surface area contributed by atoms with E-state index in [1.165, 1.54) is 5.48 Å². The molecule has 16 heterocycles. The number of nitrogens with one attached hydrogen (secondary N) is 1. The van der Waals surface area contributed by atoms with Crippen molar-refractivity contribution >= 4 is 5.91 Å². The maximum atomic E-state index is 12.4. The van der Waals surface area contributed by atoms with Gasteiger partial charge in [0.2, 0.25) is 0 Å². The Morgan fingerprint density at radius 1 is 0.341 bits per heavy atom. The van der Waals surface area contributed by atoms with Gasteiger partial charge in [-0.05, 0) is 0 Å². The quantitative estimate of drug-likeness (QED) is 0.0806. The molecule has 0 aliphatic carbocycles. The number of aliphatic hydroxyl groups is 20. The van der Waals surface area contributed by atoms with Crippen LogP contribution in [0.5, 0.6) is 0 Å². The Kier molecular flexibility index (Phi) is 22.1. The van der Waals surface area contributed by atoms with E-state index in [4.69, 9.17) is 66.3 Å². The van der Waals surface area contributed by atoms with Gasteiger partial charge in [-0.2, -0.15) is 0 Å². The van der Waals surface area contributed by atoms with Gasteiger partial charge in [0, 0.05) is 0 Å². The summed E-state index contributed by atoms with van der Waals surface area (Å²) in [6.45, 7) is -7.59. The first-order valence-electron chi connectivity index (χ1n) is 26.7. The van der Waals surface area contributed by atoms with Gasteiger partial charge < -0.3 is 168 Å². The Hall–Kier alpha value is -2.79. The lowest BCUT2D eigenvalue weighted by molar-refractivity contribution is -0.396.